The first kappa shape index (κ1) is 13.2. The third kappa shape index (κ3) is 2.55. The van der Waals surface area contributed by atoms with E-state index in [0.29, 0.717) is 0 Å². The van der Waals surface area contributed by atoms with E-state index in [4.69, 9.17) is 10.6 Å². The lowest BCUT2D eigenvalue weighted by molar-refractivity contribution is 0.348. The molecule has 1 aliphatic rings. The Morgan fingerprint density at radius 1 is 1.25 bits per heavy atom. The van der Waals surface area contributed by atoms with Gasteiger partial charge in [0.2, 0.25) is 0 Å². The predicted octanol–water partition coefficient (Wildman–Crippen LogP) is 2.68. The molecule has 0 saturated carbocycles. The van der Waals surface area contributed by atoms with Gasteiger partial charge in [-0.05, 0) is 24.5 Å². The van der Waals surface area contributed by atoms with Gasteiger partial charge in [-0.15, -0.1) is 0 Å². The summed E-state index contributed by atoms with van der Waals surface area (Å²) in [5.74, 6) is 6.80. The fraction of sp³-hybridized carbons (Fsp3) is 0.294. The van der Waals surface area contributed by atoms with E-state index in [9.17, 15) is 0 Å². The van der Waals surface area contributed by atoms with Crippen molar-refractivity contribution in [2.24, 2.45) is 5.84 Å². The molecule has 0 fully saturated rings. The van der Waals surface area contributed by atoms with Gasteiger partial charge in [-0.2, -0.15) is 0 Å². The van der Waals surface area contributed by atoms with Crippen molar-refractivity contribution < 1.29 is 4.74 Å². The summed E-state index contributed by atoms with van der Waals surface area (Å²) in [7, 11) is 0. The van der Waals surface area contributed by atoms with Gasteiger partial charge >= 0.3 is 0 Å². The van der Waals surface area contributed by atoms with E-state index in [1.165, 1.54) is 16.7 Å². The number of nitrogens with two attached hydrogens (primary N) is 1. The molecule has 0 spiro atoms. The van der Waals surface area contributed by atoms with Crippen molar-refractivity contribution in [2.45, 2.75) is 25.8 Å². The van der Waals surface area contributed by atoms with Crippen LogP contribution in [-0.4, -0.2) is 6.61 Å². The van der Waals surface area contributed by atoms with E-state index in [2.05, 4.69) is 54.8 Å². The first-order valence-corrected chi connectivity index (χ1v) is 7.04. The van der Waals surface area contributed by atoms with Crippen molar-refractivity contribution >= 4 is 0 Å². The van der Waals surface area contributed by atoms with E-state index in [1.54, 1.807) is 0 Å². The molecule has 1 heterocycles. The van der Waals surface area contributed by atoms with Gasteiger partial charge in [0.15, 0.2) is 0 Å². The Morgan fingerprint density at radius 3 is 2.90 bits per heavy atom. The number of para-hydroxylation sites is 1. The summed E-state index contributed by atoms with van der Waals surface area (Å²) in [5, 5.41) is 0. The van der Waals surface area contributed by atoms with E-state index < -0.39 is 0 Å². The Bertz CT molecular complexity index is 610. The van der Waals surface area contributed by atoms with Crippen molar-refractivity contribution in [1.82, 2.24) is 5.43 Å². The zero-order valence-electron chi connectivity index (χ0n) is 11.7. The summed E-state index contributed by atoms with van der Waals surface area (Å²) in [6, 6.07) is 14.9. The molecule has 0 amide bonds. The molecule has 0 aliphatic carbocycles. The van der Waals surface area contributed by atoms with Crippen LogP contribution < -0.4 is 16.0 Å². The van der Waals surface area contributed by atoms with Gasteiger partial charge in [-0.25, -0.2) is 0 Å². The molecule has 2 aromatic carbocycles. The zero-order valence-corrected chi connectivity index (χ0v) is 11.7. The Labute approximate surface area is 119 Å². The number of hydrogen-bond donors (Lipinski definition) is 2. The quantitative estimate of drug-likeness (QED) is 0.662. The molecular weight excluding hydrogens is 248 g/mol. The Balaban J connectivity index is 1.89. The number of benzene rings is 2. The summed E-state index contributed by atoms with van der Waals surface area (Å²) >= 11 is 0. The van der Waals surface area contributed by atoms with Crippen LogP contribution in [0.1, 0.15) is 28.3 Å². The molecule has 3 nitrogen and oxygen atoms in total. The maximum absolute atomic E-state index is 5.78. The zero-order chi connectivity index (χ0) is 13.9. The van der Waals surface area contributed by atoms with Crippen molar-refractivity contribution in [1.29, 1.82) is 0 Å². The Kier molecular flexibility index (Phi) is 3.72. The van der Waals surface area contributed by atoms with E-state index in [1.807, 2.05) is 0 Å². The Morgan fingerprint density at radius 2 is 2.10 bits per heavy atom. The molecule has 1 aliphatic heterocycles. The van der Waals surface area contributed by atoms with Crippen LogP contribution in [0, 0.1) is 6.92 Å². The smallest absolute Gasteiger partial charge is 0.127 e. The van der Waals surface area contributed by atoms with Gasteiger partial charge in [0, 0.05) is 12.0 Å². The first-order chi connectivity index (χ1) is 9.78. The highest BCUT2D eigenvalue weighted by Gasteiger charge is 2.21. The maximum atomic E-state index is 5.78. The summed E-state index contributed by atoms with van der Waals surface area (Å²) < 4.78 is 5.78. The molecular formula is C17H20N2O. The number of hydrazine groups is 1. The third-order valence-corrected chi connectivity index (χ3v) is 3.84. The van der Waals surface area contributed by atoms with Crippen molar-refractivity contribution in [2.75, 3.05) is 6.61 Å². The molecule has 0 radical (unpaired) electrons. The maximum Gasteiger partial charge on any atom is 0.127 e. The van der Waals surface area contributed by atoms with Crippen LogP contribution in [0.5, 0.6) is 5.75 Å². The molecule has 3 rings (SSSR count). The summed E-state index contributed by atoms with van der Waals surface area (Å²) in [6.45, 7) is 2.88. The molecule has 1 unspecified atom stereocenters. The fourth-order valence-electron chi connectivity index (χ4n) is 2.85. The topological polar surface area (TPSA) is 47.3 Å². The summed E-state index contributed by atoms with van der Waals surface area (Å²) in [5.41, 5.74) is 7.93. The number of hydrogen-bond acceptors (Lipinski definition) is 3. The molecule has 3 heteroatoms. The van der Waals surface area contributed by atoms with Gasteiger partial charge in [-0.3, -0.25) is 11.3 Å². The van der Waals surface area contributed by atoms with Crippen molar-refractivity contribution in [3.8, 4) is 5.75 Å². The van der Waals surface area contributed by atoms with Crippen LogP contribution in [0.4, 0.5) is 0 Å². The van der Waals surface area contributed by atoms with E-state index in [0.717, 1.165) is 30.8 Å². The second-order valence-electron chi connectivity index (χ2n) is 5.35. The highest BCUT2D eigenvalue weighted by atomic mass is 16.5. The SMILES string of the molecule is Cc1cccc(CC(NN)c2cccc3c2OCC3)c1. The molecule has 20 heavy (non-hydrogen) atoms. The van der Waals surface area contributed by atoms with Crippen LogP contribution in [0.2, 0.25) is 0 Å². The molecule has 104 valence electrons. The average Bonchev–Trinajstić information content (AvgIpc) is 2.93. The van der Waals surface area contributed by atoms with Gasteiger partial charge in [0.05, 0.1) is 12.6 Å². The van der Waals surface area contributed by atoms with Gasteiger partial charge < -0.3 is 4.74 Å². The number of fused-ring (bicyclic) bond motifs is 1. The predicted molar refractivity (Wildman–Crippen MR) is 80.6 cm³/mol. The molecule has 0 saturated heterocycles. The molecule has 0 aromatic heterocycles. The molecule has 2 aromatic rings. The van der Waals surface area contributed by atoms with Gasteiger partial charge in [0.25, 0.3) is 0 Å². The van der Waals surface area contributed by atoms with E-state index >= 15 is 0 Å². The van der Waals surface area contributed by atoms with Gasteiger partial charge in [0.1, 0.15) is 5.75 Å². The van der Waals surface area contributed by atoms with Crippen molar-refractivity contribution in [3.63, 3.8) is 0 Å². The number of aryl methyl sites for hydroxylation is 1. The van der Waals surface area contributed by atoms with Crippen LogP contribution in [0.25, 0.3) is 0 Å². The highest BCUT2D eigenvalue weighted by molar-refractivity contribution is 5.46. The van der Waals surface area contributed by atoms with Crippen LogP contribution in [-0.2, 0) is 12.8 Å². The summed E-state index contributed by atoms with van der Waals surface area (Å²) in [6.07, 6.45) is 1.85. The number of nitrogens with one attached hydrogen (secondary N) is 1. The third-order valence-electron chi connectivity index (χ3n) is 3.84. The van der Waals surface area contributed by atoms with Gasteiger partial charge in [-0.1, -0.05) is 48.0 Å². The monoisotopic (exact) mass is 268 g/mol. The van der Waals surface area contributed by atoms with E-state index in [-0.39, 0.29) is 6.04 Å². The Hall–Kier alpha value is -1.84. The van der Waals surface area contributed by atoms with Crippen LogP contribution >= 0.6 is 0 Å². The molecule has 1 atom stereocenters. The second kappa shape index (κ2) is 5.65. The molecule has 3 N–H and O–H groups in total. The number of rotatable bonds is 4. The molecule has 0 bridgehead atoms. The average molecular weight is 268 g/mol. The largest absolute Gasteiger partial charge is 0.493 e. The highest BCUT2D eigenvalue weighted by Crippen LogP contribution is 2.34. The first-order valence-electron chi connectivity index (χ1n) is 7.04. The minimum absolute atomic E-state index is 0.0739. The minimum atomic E-state index is 0.0739. The fourth-order valence-corrected chi connectivity index (χ4v) is 2.85. The summed E-state index contributed by atoms with van der Waals surface area (Å²) in [4.78, 5) is 0. The second-order valence-corrected chi connectivity index (χ2v) is 5.35. The lowest BCUT2D eigenvalue weighted by Gasteiger charge is -2.19. The lowest BCUT2D eigenvalue weighted by Crippen LogP contribution is -2.29. The van der Waals surface area contributed by atoms with Crippen LogP contribution in [0.3, 0.4) is 0 Å². The van der Waals surface area contributed by atoms with Crippen LogP contribution in [0.15, 0.2) is 42.5 Å². The standard InChI is InChI=1S/C17H20N2O/c1-12-4-2-5-13(10-12)11-16(19-18)15-7-3-6-14-8-9-20-17(14)15/h2-7,10,16,19H,8-9,11,18H2,1H3. The number of ether oxygens (including phenoxy) is 1. The lowest BCUT2D eigenvalue weighted by atomic mass is 9.96. The van der Waals surface area contributed by atoms with Crippen molar-refractivity contribution in [3.05, 3.63) is 64.7 Å². The normalized spacial score (nSPS) is 14.7. The minimum Gasteiger partial charge on any atom is -0.493 e.